The third-order valence-corrected chi connectivity index (χ3v) is 4.27. The van der Waals surface area contributed by atoms with Crippen LogP contribution in [0.15, 0.2) is 42.5 Å². The van der Waals surface area contributed by atoms with Gasteiger partial charge in [0.1, 0.15) is 11.5 Å². The Labute approximate surface area is 156 Å². The lowest BCUT2D eigenvalue weighted by molar-refractivity contribution is -0.168. The number of fused-ring (bicyclic) bond motifs is 1. The van der Waals surface area contributed by atoms with E-state index < -0.39 is 17.8 Å². The second kappa shape index (κ2) is 7.90. The number of hydroxylamine groups is 2. The molecule has 2 aromatic carbocycles. The minimum Gasteiger partial charge on any atom is -0.497 e. The molecule has 0 saturated carbocycles. The van der Waals surface area contributed by atoms with Crippen LogP contribution in [0.1, 0.15) is 39.1 Å². The van der Waals surface area contributed by atoms with Gasteiger partial charge in [-0.2, -0.15) is 0 Å². The van der Waals surface area contributed by atoms with Gasteiger partial charge in [-0.05, 0) is 36.6 Å². The number of hydrogen-bond donors (Lipinski definition) is 0. The number of nitrogens with zero attached hydrogens (tertiary/aromatic N) is 1. The first kappa shape index (κ1) is 18.4. The number of benzene rings is 2. The summed E-state index contributed by atoms with van der Waals surface area (Å²) < 4.78 is 10.5. The van der Waals surface area contributed by atoms with E-state index in [1.807, 2.05) is 12.1 Å². The zero-order valence-corrected chi connectivity index (χ0v) is 15.1. The summed E-state index contributed by atoms with van der Waals surface area (Å²) in [6.45, 7) is 0. The number of rotatable bonds is 7. The number of carbonyl (C=O) groups excluding carboxylic acids is 3. The lowest BCUT2D eigenvalue weighted by Crippen LogP contribution is -2.32. The summed E-state index contributed by atoms with van der Waals surface area (Å²) in [5, 5.41) is 0.529. The van der Waals surface area contributed by atoms with Crippen LogP contribution in [-0.2, 0) is 16.1 Å². The molecule has 0 atom stereocenters. The van der Waals surface area contributed by atoms with E-state index in [1.54, 1.807) is 32.4 Å². The number of ether oxygens (including phenoxy) is 2. The van der Waals surface area contributed by atoms with Gasteiger partial charge in [0.25, 0.3) is 11.8 Å². The Morgan fingerprint density at radius 2 is 1.63 bits per heavy atom. The van der Waals surface area contributed by atoms with E-state index in [9.17, 15) is 14.4 Å². The number of imide groups is 1. The van der Waals surface area contributed by atoms with Crippen molar-refractivity contribution in [3.63, 3.8) is 0 Å². The molecule has 0 radical (unpaired) electrons. The molecule has 0 aromatic heterocycles. The molecule has 2 aromatic rings. The Balaban J connectivity index is 1.55. The molecule has 1 heterocycles. The molecule has 1 aliphatic rings. The van der Waals surface area contributed by atoms with Crippen LogP contribution in [0.4, 0.5) is 0 Å². The van der Waals surface area contributed by atoms with Crippen LogP contribution in [0.2, 0.25) is 0 Å². The number of amides is 2. The summed E-state index contributed by atoms with van der Waals surface area (Å²) >= 11 is 0. The Morgan fingerprint density at radius 1 is 0.963 bits per heavy atom. The lowest BCUT2D eigenvalue weighted by atomic mass is 10.1. The summed E-state index contributed by atoms with van der Waals surface area (Å²) in [7, 11) is 3.14. The first-order valence-electron chi connectivity index (χ1n) is 8.44. The minimum atomic E-state index is -0.642. The van der Waals surface area contributed by atoms with Gasteiger partial charge in [-0.3, -0.25) is 9.59 Å². The molecule has 0 unspecified atom stereocenters. The van der Waals surface area contributed by atoms with E-state index >= 15 is 0 Å². The molecule has 0 spiro atoms. The van der Waals surface area contributed by atoms with Crippen LogP contribution >= 0.6 is 0 Å². The van der Waals surface area contributed by atoms with Gasteiger partial charge in [0.15, 0.2) is 0 Å². The number of carbonyl (C=O) groups is 3. The van der Waals surface area contributed by atoms with Crippen LogP contribution in [-0.4, -0.2) is 37.1 Å². The number of aryl methyl sites for hydroxylation is 1. The van der Waals surface area contributed by atoms with E-state index in [1.165, 1.54) is 12.1 Å². The summed E-state index contributed by atoms with van der Waals surface area (Å²) in [5.41, 5.74) is 1.39. The summed E-state index contributed by atoms with van der Waals surface area (Å²) in [6, 6.07) is 11.8. The fraction of sp³-hybridized carbons (Fsp3) is 0.250. The Hall–Kier alpha value is -3.35. The smallest absolute Gasteiger partial charge is 0.333 e. The first-order chi connectivity index (χ1) is 13.0. The molecule has 0 bridgehead atoms. The first-order valence-corrected chi connectivity index (χ1v) is 8.44. The fourth-order valence-electron chi connectivity index (χ4n) is 2.88. The summed E-state index contributed by atoms with van der Waals surface area (Å²) in [5.74, 6) is -0.540. The average molecular weight is 369 g/mol. The van der Waals surface area contributed by atoms with Crippen LogP contribution in [0.5, 0.6) is 11.5 Å². The van der Waals surface area contributed by atoms with Crippen molar-refractivity contribution in [2.24, 2.45) is 0 Å². The van der Waals surface area contributed by atoms with Crippen molar-refractivity contribution in [2.75, 3.05) is 14.2 Å². The van der Waals surface area contributed by atoms with Crippen molar-refractivity contribution < 1.29 is 28.7 Å². The molecule has 140 valence electrons. The van der Waals surface area contributed by atoms with Crippen LogP contribution < -0.4 is 9.47 Å². The minimum absolute atomic E-state index is 0.0581. The number of methoxy groups -OCH3 is 2. The molecule has 0 saturated heterocycles. The largest absolute Gasteiger partial charge is 0.497 e. The quantitative estimate of drug-likeness (QED) is 0.698. The van der Waals surface area contributed by atoms with E-state index in [4.69, 9.17) is 14.3 Å². The molecule has 27 heavy (non-hydrogen) atoms. The molecular formula is C20H19NO6. The second-order valence-corrected chi connectivity index (χ2v) is 5.94. The molecule has 0 fully saturated rings. The maximum atomic E-state index is 12.2. The molecule has 0 N–H and O–H groups in total. The third kappa shape index (κ3) is 3.76. The summed E-state index contributed by atoms with van der Waals surface area (Å²) in [6.07, 6.45) is 1.11. The van der Waals surface area contributed by atoms with Crippen molar-refractivity contribution in [1.82, 2.24) is 5.06 Å². The normalized spacial score (nSPS) is 12.7. The van der Waals surface area contributed by atoms with E-state index in [0.29, 0.717) is 29.4 Å². The predicted octanol–water partition coefficient (Wildman–Crippen LogP) is 2.78. The highest BCUT2D eigenvalue weighted by molar-refractivity contribution is 6.20. The summed E-state index contributed by atoms with van der Waals surface area (Å²) in [4.78, 5) is 41.4. The zero-order valence-electron chi connectivity index (χ0n) is 15.1. The van der Waals surface area contributed by atoms with Crippen molar-refractivity contribution in [3.8, 4) is 11.5 Å². The second-order valence-electron chi connectivity index (χ2n) is 5.94. The monoisotopic (exact) mass is 369 g/mol. The molecule has 7 heteroatoms. The fourth-order valence-corrected chi connectivity index (χ4v) is 2.88. The topological polar surface area (TPSA) is 82.1 Å². The van der Waals surface area contributed by atoms with Gasteiger partial charge in [-0.25, -0.2) is 4.79 Å². The van der Waals surface area contributed by atoms with Gasteiger partial charge < -0.3 is 14.3 Å². The Kier molecular flexibility index (Phi) is 5.40. The Bertz CT molecular complexity index is 857. The molecule has 1 aliphatic heterocycles. The van der Waals surface area contributed by atoms with E-state index in [0.717, 1.165) is 5.56 Å². The molecule has 2 amide bonds. The van der Waals surface area contributed by atoms with E-state index in [-0.39, 0.29) is 17.5 Å². The maximum Gasteiger partial charge on any atom is 0.333 e. The molecule has 3 rings (SSSR count). The predicted molar refractivity (Wildman–Crippen MR) is 95.5 cm³/mol. The van der Waals surface area contributed by atoms with Crippen molar-refractivity contribution in [3.05, 3.63) is 59.2 Å². The molecule has 7 nitrogen and oxygen atoms in total. The lowest BCUT2D eigenvalue weighted by Gasteiger charge is -2.13. The SMILES string of the molecule is COc1ccc(CCCC(=O)ON2C(=O)c3ccccc3C2=O)c(OC)c1. The van der Waals surface area contributed by atoms with Crippen LogP contribution in [0.25, 0.3) is 0 Å². The van der Waals surface area contributed by atoms with Gasteiger partial charge in [-0.15, -0.1) is 0 Å². The highest BCUT2D eigenvalue weighted by Crippen LogP contribution is 2.26. The van der Waals surface area contributed by atoms with Crippen LogP contribution in [0, 0.1) is 0 Å². The maximum absolute atomic E-state index is 12.2. The number of hydrogen-bond acceptors (Lipinski definition) is 6. The van der Waals surface area contributed by atoms with Gasteiger partial charge in [0.2, 0.25) is 0 Å². The van der Waals surface area contributed by atoms with E-state index in [2.05, 4.69) is 0 Å². The Morgan fingerprint density at radius 3 is 2.22 bits per heavy atom. The van der Waals surface area contributed by atoms with Gasteiger partial charge in [0.05, 0.1) is 25.3 Å². The van der Waals surface area contributed by atoms with Gasteiger partial charge in [-0.1, -0.05) is 23.3 Å². The highest BCUT2D eigenvalue weighted by Gasteiger charge is 2.38. The molecule has 0 aliphatic carbocycles. The zero-order chi connectivity index (χ0) is 19.4. The third-order valence-electron chi connectivity index (χ3n) is 4.27. The highest BCUT2D eigenvalue weighted by atomic mass is 16.7. The average Bonchev–Trinajstić information content (AvgIpc) is 2.93. The van der Waals surface area contributed by atoms with Crippen molar-refractivity contribution in [1.29, 1.82) is 0 Å². The molecular weight excluding hydrogens is 350 g/mol. The van der Waals surface area contributed by atoms with Gasteiger partial charge >= 0.3 is 5.97 Å². The van der Waals surface area contributed by atoms with Gasteiger partial charge in [0, 0.05) is 12.5 Å². The standard InChI is InChI=1S/C20H19NO6/c1-25-14-11-10-13(17(12-14)26-2)6-5-9-18(22)27-21-19(23)15-7-3-4-8-16(15)20(21)24/h3-4,7-8,10-12H,5-6,9H2,1-2H3. The van der Waals surface area contributed by atoms with Crippen molar-refractivity contribution >= 4 is 17.8 Å². The van der Waals surface area contributed by atoms with Crippen LogP contribution in [0.3, 0.4) is 0 Å². The van der Waals surface area contributed by atoms with Crippen molar-refractivity contribution in [2.45, 2.75) is 19.3 Å².